The van der Waals surface area contributed by atoms with Crippen molar-refractivity contribution in [2.24, 2.45) is 0 Å². The maximum Gasteiger partial charge on any atom is 0.218 e. The molecule has 90 valence electrons. The van der Waals surface area contributed by atoms with E-state index in [4.69, 9.17) is 0 Å². The van der Waals surface area contributed by atoms with E-state index >= 15 is 0 Å². The van der Waals surface area contributed by atoms with Crippen LogP contribution >= 0.6 is 34.4 Å². The van der Waals surface area contributed by atoms with Gasteiger partial charge in [-0.3, -0.25) is 0 Å². The van der Waals surface area contributed by atoms with Crippen molar-refractivity contribution in [2.45, 2.75) is 6.54 Å². The number of hydrogen-bond acceptors (Lipinski definition) is 1. The minimum atomic E-state index is 1.10. The fourth-order valence-electron chi connectivity index (χ4n) is 2.05. The first-order valence-electron chi connectivity index (χ1n) is 5.92. The van der Waals surface area contributed by atoms with Crippen LogP contribution in [0.1, 0.15) is 11.3 Å². The number of fused-ring (bicyclic) bond motifs is 1. The van der Waals surface area contributed by atoms with Crippen LogP contribution in [-0.4, -0.2) is 5.75 Å². The second-order valence-corrected chi connectivity index (χ2v) is 6.57. The molecule has 0 bridgehead atoms. The molecule has 0 amide bonds. The van der Waals surface area contributed by atoms with E-state index in [-0.39, 0.29) is 0 Å². The summed E-state index contributed by atoms with van der Waals surface area (Å²) >= 11 is 4.28. The van der Waals surface area contributed by atoms with Crippen molar-refractivity contribution >= 4 is 45.3 Å². The van der Waals surface area contributed by atoms with E-state index in [0.29, 0.717) is 0 Å². The topological polar surface area (TPSA) is 3.88 Å². The fraction of sp³-hybridized carbons (Fsp3) is 0.133. The molecule has 3 heteroatoms. The van der Waals surface area contributed by atoms with Gasteiger partial charge in [-0.2, -0.15) is 4.57 Å². The molecule has 0 spiro atoms. The van der Waals surface area contributed by atoms with Gasteiger partial charge in [0.15, 0.2) is 12.7 Å². The second-order valence-electron chi connectivity index (χ2n) is 4.19. The van der Waals surface area contributed by atoms with Crippen LogP contribution in [0.3, 0.4) is 0 Å². The minimum Gasteiger partial charge on any atom is -0.197 e. The van der Waals surface area contributed by atoms with Crippen molar-refractivity contribution in [2.75, 3.05) is 5.75 Å². The zero-order valence-corrected chi connectivity index (χ0v) is 12.8. The summed E-state index contributed by atoms with van der Waals surface area (Å²) in [5.74, 6) is 1.15. The Balaban J connectivity index is 2.00. The molecule has 18 heavy (non-hydrogen) atoms. The molecule has 1 aliphatic rings. The molecule has 1 aromatic carbocycles. The van der Waals surface area contributed by atoms with Gasteiger partial charge in [-0.25, -0.2) is 0 Å². The van der Waals surface area contributed by atoms with Gasteiger partial charge >= 0.3 is 0 Å². The van der Waals surface area contributed by atoms with Crippen molar-refractivity contribution in [3.05, 3.63) is 63.5 Å². The lowest BCUT2D eigenvalue weighted by molar-refractivity contribution is -0.695. The largest absolute Gasteiger partial charge is 0.218 e. The minimum absolute atomic E-state index is 1.10. The zero-order valence-electron chi connectivity index (χ0n) is 9.84. The number of nitrogens with zero attached hydrogens (tertiary/aromatic N) is 1. The van der Waals surface area contributed by atoms with Crippen LogP contribution in [0.25, 0.3) is 11.0 Å². The summed E-state index contributed by atoms with van der Waals surface area (Å²) in [7, 11) is 0. The molecule has 0 unspecified atom stereocenters. The Morgan fingerprint density at radius 2 is 1.94 bits per heavy atom. The van der Waals surface area contributed by atoms with Gasteiger partial charge in [0.05, 0.1) is 10.7 Å². The van der Waals surface area contributed by atoms with Crippen LogP contribution in [0.4, 0.5) is 0 Å². The van der Waals surface area contributed by atoms with Gasteiger partial charge in [0, 0.05) is 15.7 Å². The predicted octanol–water partition coefficient (Wildman–Crippen LogP) is 3.82. The molecular weight excluding hydrogens is 353 g/mol. The highest BCUT2D eigenvalue weighted by molar-refractivity contribution is 14.1. The molecule has 0 atom stereocenters. The number of hydrogen-bond donors (Lipinski definition) is 0. The van der Waals surface area contributed by atoms with Crippen molar-refractivity contribution < 1.29 is 4.57 Å². The normalized spacial score (nSPS) is 16.6. The molecule has 1 nitrogen and oxygen atoms in total. The molecular formula is C15H13INS+. The summed E-state index contributed by atoms with van der Waals surface area (Å²) in [6, 6.07) is 15.1. The van der Waals surface area contributed by atoms with E-state index in [1.807, 2.05) is 11.8 Å². The summed E-state index contributed by atoms with van der Waals surface area (Å²) < 4.78 is 3.61. The monoisotopic (exact) mass is 366 g/mol. The van der Waals surface area contributed by atoms with E-state index < -0.39 is 0 Å². The second kappa shape index (κ2) is 5.45. The summed E-state index contributed by atoms with van der Waals surface area (Å²) in [4.78, 5) is 1.36. The summed E-state index contributed by atoms with van der Waals surface area (Å²) in [5.41, 5.74) is 2.60. The number of aryl methyl sites for hydroxylation is 1. The average Bonchev–Trinajstić information content (AvgIpc) is 2.42. The number of thioether (sulfide) groups is 1. The molecule has 2 heterocycles. The molecule has 0 N–H and O–H groups in total. The Morgan fingerprint density at radius 1 is 1.11 bits per heavy atom. The van der Waals surface area contributed by atoms with Crippen molar-refractivity contribution in [1.82, 2.24) is 0 Å². The first-order valence-corrected chi connectivity index (χ1v) is 7.98. The fourth-order valence-corrected chi connectivity index (χ4v) is 3.47. The van der Waals surface area contributed by atoms with Crippen LogP contribution < -0.4 is 4.57 Å². The van der Waals surface area contributed by atoms with Gasteiger partial charge in [-0.05, 0) is 52.4 Å². The third kappa shape index (κ3) is 2.62. The maximum absolute atomic E-state index is 2.34. The van der Waals surface area contributed by atoms with Gasteiger partial charge in [0.25, 0.3) is 0 Å². The van der Waals surface area contributed by atoms with E-state index in [9.17, 15) is 0 Å². The molecule has 0 radical (unpaired) electrons. The summed E-state index contributed by atoms with van der Waals surface area (Å²) in [6.07, 6.45) is 4.45. The first-order chi connectivity index (χ1) is 8.83. The van der Waals surface area contributed by atoms with E-state index in [1.54, 1.807) is 0 Å². The van der Waals surface area contributed by atoms with Crippen molar-refractivity contribution in [3.8, 4) is 0 Å². The molecule has 0 saturated heterocycles. The van der Waals surface area contributed by atoms with Crippen LogP contribution in [0.2, 0.25) is 0 Å². The lowest BCUT2D eigenvalue weighted by Gasteiger charge is -2.12. The molecule has 0 aliphatic carbocycles. The average molecular weight is 366 g/mol. The first kappa shape index (κ1) is 12.2. The van der Waals surface area contributed by atoms with Crippen LogP contribution in [0.5, 0.6) is 0 Å². The van der Waals surface area contributed by atoms with Gasteiger partial charge in [0.1, 0.15) is 0 Å². The SMILES string of the molecule is Ic1ccc(/C=C2\SCC[n+]3ccccc32)cc1. The lowest BCUT2D eigenvalue weighted by Crippen LogP contribution is -2.40. The van der Waals surface area contributed by atoms with Crippen LogP contribution in [0, 0.1) is 3.57 Å². The Hall–Kier alpha value is -0.810. The highest BCUT2D eigenvalue weighted by Crippen LogP contribution is 2.30. The highest BCUT2D eigenvalue weighted by Gasteiger charge is 2.20. The van der Waals surface area contributed by atoms with Crippen molar-refractivity contribution in [1.29, 1.82) is 0 Å². The molecule has 3 rings (SSSR count). The van der Waals surface area contributed by atoms with E-state index in [2.05, 4.69) is 81.9 Å². The van der Waals surface area contributed by atoms with Gasteiger partial charge in [0.2, 0.25) is 5.69 Å². The number of benzene rings is 1. The molecule has 1 aliphatic heterocycles. The van der Waals surface area contributed by atoms with Crippen LogP contribution in [0.15, 0.2) is 48.7 Å². The number of aromatic nitrogens is 1. The Kier molecular flexibility index (Phi) is 3.70. The smallest absolute Gasteiger partial charge is 0.197 e. The Labute approximate surface area is 125 Å². The zero-order chi connectivity index (χ0) is 12.4. The molecule has 0 saturated carbocycles. The number of pyridine rings is 1. The van der Waals surface area contributed by atoms with Gasteiger partial charge in [-0.15, -0.1) is 11.8 Å². The Morgan fingerprint density at radius 3 is 2.78 bits per heavy atom. The van der Waals surface area contributed by atoms with Crippen molar-refractivity contribution in [3.63, 3.8) is 0 Å². The van der Waals surface area contributed by atoms with E-state index in [0.717, 1.165) is 12.3 Å². The number of rotatable bonds is 1. The standard InChI is InChI=1S/C15H13INS/c16-13-6-4-12(5-7-13)11-15-14-3-1-2-8-17(14)9-10-18-15/h1-8,11H,9-10H2/q+1/b15-11-. The highest BCUT2D eigenvalue weighted by atomic mass is 127. The lowest BCUT2D eigenvalue weighted by atomic mass is 10.2. The van der Waals surface area contributed by atoms with Crippen LogP contribution in [-0.2, 0) is 6.54 Å². The third-order valence-electron chi connectivity index (χ3n) is 2.95. The maximum atomic E-state index is 2.34. The van der Waals surface area contributed by atoms with E-state index in [1.165, 1.54) is 19.7 Å². The molecule has 1 aromatic heterocycles. The van der Waals surface area contributed by atoms with Gasteiger partial charge < -0.3 is 0 Å². The summed E-state index contributed by atoms with van der Waals surface area (Å²) in [5, 5.41) is 0. The Bertz CT molecular complexity index is 590. The summed E-state index contributed by atoms with van der Waals surface area (Å²) in [6.45, 7) is 1.10. The molecule has 2 aromatic rings. The predicted molar refractivity (Wildman–Crippen MR) is 86.1 cm³/mol. The number of halogens is 1. The van der Waals surface area contributed by atoms with Gasteiger partial charge in [-0.1, -0.05) is 12.1 Å². The molecule has 0 fully saturated rings. The quantitative estimate of drug-likeness (QED) is 0.548. The third-order valence-corrected chi connectivity index (χ3v) is 4.69.